The molecule has 0 unspecified atom stereocenters. The summed E-state index contributed by atoms with van der Waals surface area (Å²) >= 11 is 0. The summed E-state index contributed by atoms with van der Waals surface area (Å²) in [6.45, 7) is 0. The monoisotopic (exact) mass is 703 g/mol. The van der Waals surface area contributed by atoms with E-state index in [9.17, 15) is 0 Å². The maximum atomic E-state index is 6.22. The summed E-state index contributed by atoms with van der Waals surface area (Å²) in [5, 5.41) is 2.23. The molecule has 0 N–H and O–H groups in total. The first-order valence-corrected chi connectivity index (χ1v) is 18.4. The van der Waals surface area contributed by atoms with Crippen LogP contribution in [0.1, 0.15) is 0 Å². The Bertz CT molecular complexity index is 2930. The third-order valence-corrected chi connectivity index (χ3v) is 10.2. The second-order valence-corrected chi connectivity index (χ2v) is 13.7. The number of hydrogen-bond acceptors (Lipinski definition) is 4. The van der Waals surface area contributed by atoms with Crippen LogP contribution in [0.3, 0.4) is 0 Å². The molecule has 55 heavy (non-hydrogen) atoms. The number of hydrogen-bond donors (Lipinski definition) is 0. The van der Waals surface area contributed by atoms with Crippen molar-refractivity contribution in [3.8, 4) is 78.7 Å². The Labute approximate surface area is 319 Å². The molecule has 0 aliphatic carbocycles. The second-order valence-electron chi connectivity index (χ2n) is 13.7. The summed E-state index contributed by atoms with van der Waals surface area (Å²) in [4.78, 5) is 15.2. The van der Waals surface area contributed by atoms with Crippen LogP contribution in [0.5, 0.6) is 0 Å². The standard InChI is InChI=1S/C51H33N3O/c1-3-10-34(11-4-1)36-18-20-38(21-19-36)39-24-28-41(29-25-39)50-52-49(40-26-22-37(23-27-40)35-12-5-2-6-13-35)53-51(54-50)44-15-9-14-42(32-44)43-30-31-46-45-16-7-8-17-47(45)55-48(46)33-43/h1-33H. The van der Waals surface area contributed by atoms with Gasteiger partial charge in [-0.25, -0.2) is 15.0 Å². The van der Waals surface area contributed by atoms with Crippen LogP contribution >= 0.6 is 0 Å². The summed E-state index contributed by atoms with van der Waals surface area (Å²) < 4.78 is 6.22. The smallest absolute Gasteiger partial charge is 0.164 e. The Morgan fingerprint density at radius 3 is 1.15 bits per heavy atom. The quantitative estimate of drug-likeness (QED) is 0.166. The first-order chi connectivity index (χ1) is 27.2. The van der Waals surface area contributed by atoms with Crippen molar-refractivity contribution in [3.05, 3.63) is 200 Å². The molecule has 258 valence electrons. The van der Waals surface area contributed by atoms with Crippen molar-refractivity contribution in [3.63, 3.8) is 0 Å². The van der Waals surface area contributed by atoms with Crippen LogP contribution in [0.15, 0.2) is 205 Å². The molecule has 4 heteroatoms. The van der Waals surface area contributed by atoms with E-state index in [0.717, 1.165) is 66.4 Å². The van der Waals surface area contributed by atoms with E-state index in [-0.39, 0.29) is 0 Å². The predicted molar refractivity (Wildman–Crippen MR) is 225 cm³/mol. The third kappa shape index (κ3) is 6.36. The van der Waals surface area contributed by atoms with Crippen LogP contribution < -0.4 is 0 Å². The van der Waals surface area contributed by atoms with E-state index in [1.54, 1.807) is 0 Å². The van der Waals surface area contributed by atoms with Crippen LogP contribution in [-0.2, 0) is 0 Å². The van der Waals surface area contributed by atoms with Gasteiger partial charge in [-0.15, -0.1) is 0 Å². The van der Waals surface area contributed by atoms with E-state index >= 15 is 0 Å². The lowest BCUT2D eigenvalue weighted by Gasteiger charge is -2.11. The summed E-state index contributed by atoms with van der Waals surface area (Å²) in [6.07, 6.45) is 0. The Morgan fingerprint density at radius 1 is 0.236 bits per heavy atom. The number of rotatable bonds is 7. The van der Waals surface area contributed by atoms with Gasteiger partial charge in [0, 0.05) is 27.5 Å². The topological polar surface area (TPSA) is 51.8 Å². The molecule has 10 aromatic rings. The maximum Gasteiger partial charge on any atom is 0.164 e. The number of fused-ring (bicyclic) bond motifs is 3. The van der Waals surface area contributed by atoms with E-state index in [2.05, 4.69) is 170 Å². The lowest BCUT2D eigenvalue weighted by molar-refractivity contribution is 0.669. The van der Waals surface area contributed by atoms with Crippen LogP contribution in [0.25, 0.3) is 101 Å². The summed E-state index contributed by atoms with van der Waals surface area (Å²) in [5.74, 6) is 1.85. The number of nitrogens with zero attached hydrogens (tertiary/aromatic N) is 3. The summed E-state index contributed by atoms with van der Waals surface area (Å²) in [5.41, 5.74) is 13.6. The van der Waals surface area contributed by atoms with E-state index in [1.807, 2.05) is 30.3 Å². The van der Waals surface area contributed by atoms with Gasteiger partial charge in [0.2, 0.25) is 0 Å². The molecule has 0 aliphatic heterocycles. The Morgan fingerprint density at radius 2 is 0.600 bits per heavy atom. The lowest BCUT2D eigenvalue weighted by atomic mass is 9.99. The Hall–Kier alpha value is -7.43. The van der Waals surface area contributed by atoms with E-state index in [4.69, 9.17) is 19.4 Å². The molecule has 0 spiro atoms. The molecule has 2 heterocycles. The van der Waals surface area contributed by atoms with Gasteiger partial charge in [-0.05, 0) is 68.8 Å². The SMILES string of the molecule is c1ccc(-c2ccc(-c3ccc(-c4nc(-c5ccc(-c6ccccc6)cc5)nc(-c5cccc(-c6ccc7c(c6)oc6ccccc67)c5)n4)cc3)cc2)cc1. The first-order valence-electron chi connectivity index (χ1n) is 18.4. The van der Waals surface area contributed by atoms with Gasteiger partial charge in [0.25, 0.3) is 0 Å². The highest BCUT2D eigenvalue weighted by molar-refractivity contribution is 6.05. The number of benzene rings is 8. The largest absolute Gasteiger partial charge is 0.456 e. The highest BCUT2D eigenvalue weighted by Gasteiger charge is 2.15. The second kappa shape index (κ2) is 13.8. The minimum Gasteiger partial charge on any atom is -0.456 e. The minimum absolute atomic E-state index is 0.611. The zero-order valence-corrected chi connectivity index (χ0v) is 29.8. The van der Waals surface area contributed by atoms with Crippen LogP contribution in [0.4, 0.5) is 0 Å². The van der Waals surface area contributed by atoms with Crippen molar-refractivity contribution < 1.29 is 4.42 Å². The molecule has 0 fully saturated rings. The maximum absolute atomic E-state index is 6.22. The van der Waals surface area contributed by atoms with Crippen molar-refractivity contribution in [2.24, 2.45) is 0 Å². The van der Waals surface area contributed by atoms with Crippen molar-refractivity contribution in [1.82, 2.24) is 15.0 Å². The van der Waals surface area contributed by atoms with Gasteiger partial charge in [-0.1, -0.05) is 176 Å². The minimum atomic E-state index is 0.611. The number of aromatic nitrogens is 3. The molecule has 0 saturated carbocycles. The number of para-hydroxylation sites is 1. The molecular formula is C51H33N3O. The fourth-order valence-electron chi connectivity index (χ4n) is 7.25. The van der Waals surface area contributed by atoms with E-state index < -0.39 is 0 Å². The zero-order chi connectivity index (χ0) is 36.6. The van der Waals surface area contributed by atoms with Gasteiger partial charge < -0.3 is 4.42 Å². The van der Waals surface area contributed by atoms with Crippen LogP contribution in [0, 0.1) is 0 Å². The molecular weight excluding hydrogens is 671 g/mol. The van der Waals surface area contributed by atoms with Crippen molar-refractivity contribution in [1.29, 1.82) is 0 Å². The van der Waals surface area contributed by atoms with Gasteiger partial charge in [0.05, 0.1) is 0 Å². The lowest BCUT2D eigenvalue weighted by Crippen LogP contribution is -2.00. The molecule has 0 saturated heterocycles. The summed E-state index contributed by atoms with van der Waals surface area (Å²) in [7, 11) is 0. The van der Waals surface area contributed by atoms with E-state index in [1.165, 1.54) is 16.7 Å². The molecule has 0 bridgehead atoms. The normalized spacial score (nSPS) is 11.3. The van der Waals surface area contributed by atoms with Crippen molar-refractivity contribution >= 4 is 21.9 Å². The van der Waals surface area contributed by atoms with Gasteiger partial charge in [-0.2, -0.15) is 0 Å². The summed E-state index contributed by atoms with van der Waals surface area (Å²) in [6, 6.07) is 69.4. The van der Waals surface area contributed by atoms with Crippen LogP contribution in [0.2, 0.25) is 0 Å². The molecule has 10 rings (SSSR count). The highest BCUT2D eigenvalue weighted by Crippen LogP contribution is 2.34. The van der Waals surface area contributed by atoms with Crippen LogP contribution in [-0.4, -0.2) is 15.0 Å². The average Bonchev–Trinajstić information content (AvgIpc) is 3.65. The molecule has 8 aromatic carbocycles. The zero-order valence-electron chi connectivity index (χ0n) is 29.8. The Kier molecular flexibility index (Phi) is 8.12. The molecule has 4 nitrogen and oxygen atoms in total. The van der Waals surface area contributed by atoms with Crippen molar-refractivity contribution in [2.75, 3.05) is 0 Å². The third-order valence-electron chi connectivity index (χ3n) is 10.2. The fourth-order valence-corrected chi connectivity index (χ4v) is 7.25. The fraction of sp³-hybridized carbons (Fsp3) is 0. The van der Waals surface area contributed by atoms with Gasteiger partial charge >= 0.3 is 0 Å². The van der Waals surface area contributed by atoms with Gasteiger partial charge in [-0.3, -0.25) is 0 Å². The molecule has 0 amide bonds. The molecule has 0 radical (unpaired) electrons. The van der Waals surface area contributed by atoms with Gasteiger partial charge in [0.1, 0.15) is 11.2 Å². The highest BCUT2D eigenvalue weighted by atomic mass is 16.3. The Balaban J connectivity index is 1.02. The molecule has 0 atom stereocenters. The molecule has 0 aliphatic rings. The first kappa shape index (κ1) is 32.2. The molecule has 2 aromatic heterocycles. The number of furan rings is 1. The predicted octanol–water partition coefficient (Wildman–Crippen LogP) is 13.4. The van der Waals surface area contributed by atoms with E-state index in [0.29, 0.717) is 17.5 Å². The van der Waals surface area contributed by atoms with Gasteiger partial charge in [0.15, 0.2) is 17.5 Å². The van der Waals surface area contributed by atoms with Crippen molar-refractivity contribution in [2.45, 2.75) is 0 Å². The average molecular weight is 704 g/mol.